The summed E-state index contributed by atoms with van der Waals surface area (Å²) in [7, 11) is 1.91. The highest BCUT2D eigenvalue weighted by Crippen LogP contribution is 2.21. The zero-order valence-corrected chi connectivity index (χ0v) is 10.7. The average Bonchev–Trinajstić information content (AvgIpc) is 2.75. The normalized spacial score (nSPS) is 12.7. The van der Waals surface area contributed by atoms with Crippen LogP contribution in [0.5, 0.6) is 0 Å². The predicted molar refractivity (Wildman–Crippen MR) is 69.6 cm³/mol. The minimum atomic E-state index is -0.230. The second kappa shape index (κ2) is 5.31. The van der Waals surface area contributed by atoms with E-state index in [-0.39, 0.29) is 11.9 Å². The molecule has 0 saturated heterocycles. The molecule has 1 aromatic heterocycles. The maximum absolute atomic E-state index is 13.2. The van der Waals surface area contributed by atoms with E-state index >= 15 is 0 Å². The van der Waals surface area contributed by atoms with E-state index in [9.17, 15) is 4.39 Å². The summed E-state index contributed by atoms with van der Waals surface area (Å²) in [6.07, 6.45) is 3.39. The second-order valence-electron chi connectivity index (χ2n) is 4.59. The Hall–Kier alpha value is -1.68. The number of nitrogens with zero attached hydrogens (tertiary/aromatic N) is 2. The Balaban J connectivity index is 2.06. The molecule has 3 nitrogen and oxygen atoms in total. The van der Waals surface area contributed by atoms with Crippen molar-refractivity contribution in [1.82, 2.24) is 9.78 Å². The van der Waals surface area contributed by atoms with Crippen LogP contribution >= 0.6 is 0 Å². The van der Waals surface area contributed by atoms with Crippen LogP contribution in [0.25, 0.3) is 0 Å². The van der Waals surface area contributed by atoms with Gasteiger partial charge >= 0.3 is 0 Å². The van der Waals surface area contributed by atoms with Crippen molar-refractivity contribution in [2.45, 2.75) is 25.8 Å². The van der Waals surface area contributed by atoms with Gasteiger partial charge in [-0.1, -0.05) is 6.07 Å². The molecule has 0 aliphatic rings. The molecule has 2 rings (SSSR count). The van der Waals surface area contributed by atoms with Gasteiger partial charge in [-0.3, -0.25) is 4.68 Å². The van der Waals surface area contributed by atoms with E-state index in [1.807, 2.05) is 24.7 Å². The first-order valence-electron chi connectivity index (χ1n) is 6.06. The lowest BCUT2D eigenvalue weighted by atomic mass is 9.97. The maximum atomic E-state index is 13.2. The molecule has 0 aliphatic heterocycles. The summed E-state index contributed by atoms with van der Waals surface area (Å²) in [4.78, 5) is 0. The molecule has 4 heteroatoms. The Morgan fingerprint density at radius 1 is 1.39 bits per heavy atom. The zero-order chi connectivity index (χ0) is 13.1. The molecule has 1 unspecified atom stereocenters. The van der Waals surface area contributed by atoms with Crippen LogP contribution in [-0.4, -0.2) is 9.78 Å². The molecule has 2 aromatic rings. The molecular weight excluding hydrogens is 229 g/mol. The van der Waals surface area contributed by atoms with E-state index in [0.29, 0.717) is 0 Å². The number of aromatic nitrogens is 2. The molecule has 0 fully saturated rings. The van der Waals surface area contributed by atoms with E-state index in [0.717, 1.165) is 29.7 Å². The summed E-state index contributed by atoms with van der Waals surface area (Å²) >= 11 is 0. The average molecular weight is 247 g/mol. The van der Waals surface area contributed by atoms with E-state index < -0.39 is 0 Å². The molecule has 1 heterocycles. The molecule has 18 heavy (non-hydrogen) atoms. The maximum Gasteiger partial charge on any atom is 0.123 e. The van der Waals surface area contributed by atoms with Gasteiger partial charge in [0.05, 0.1) is 0 Å². The van der Waals surface area contributed by atoms with Gasteiger partial charge in [0.1, 0.15) is 5.82 Å². The Morgan fingerprint density at radius 2 is 2.17 bits per heavy atom. The number of benzene rings is 1. The lowest BCUT2D eigenvalue weighted by Crippen LogP contribution is -2.14. The summed E-state index contributed by atoms with van der Waals surface area (Å²) in [5, 5.41) is 4.11. The first-order chi connectivity index (χ1) is 8.58. The number of aryl methyl sites for hydroxylation is 3. The number of nitrogens with two attached hydrogens (primary N) is 1. The van der Waals surface area contributed by atoms with Crippen LogP contribution in [0.2, 0.25) is 0 Å². The van der Waals surface area contributed by atoms with Gasteiger partial charge in [-0.05, 0) is 49.1 Å². The largest absolute Gasteiger partial charge is 0.324 e. The predicted octanol–water partition coefficient (Wildman–Crippen LogP) is 2.50. The van der Waals surface area contributed by atoms with Gasteiger partial charge in [-0.2, -0.15) is 5.10 Å². The number of hydrogen-bond donors (Lipinski definition) is 1. The minimum absolute atomic E-state index is 0.143. The molecule has 0 aliphatic carbocycles. The Labute approximate surface area is 106 Å². The summed E-state index contributed by atoms with van der Waals surface area (Å²) in [5.74, 6) is -0.230. The molecule has 0 bridgehead atoms. The van der Waals surface area contributed by atoms with Crippen molar-refractivity contribution in [2.75, 3.05) is 0 Å². The Bertz CT molecular complexity index is 534. The summed E-state index contributed by atoms with van der Waals surface area (Å²) in [6.45, 7) is 1.96. The number of halogens is 1. The molecule has 0 amide bonds. The molecule has 1 aromatic carbocycles. The fraction of sp³-hybridized carbons (Fsp3) is 0.357. The lowest BCUT2D eigenvalue weighted by molar-refractivity contribution is 0.594. The van der Waals surface area contributed by atoms with E-state index in [1.54, 1.807) is 12.3 Å². The topological polar surface area (TPSA) is 43.8 Å². The Morgan fingerprint density at radius 3 is 2.83 bits per heavy atom. The van der Waals surface area contributed by atoms with Crippen LogP contribution < -0.4 is 5.73 Å². The van der Waals surface area contributed by atoms with Crippen molar-refractivity contribution in [3.63, 3.8) is 0 Å². The van der Waals surface area contributed by atoms with Gasteiger partial charge < -0.3 is 5.73 Å². The van der Waals surface area contributed by atoms with Crippen molar-refractivity contribution < 1.29 is 4.39 Å². The molecular formula is C14H18FN3. The van der Waals surface area contributed by atoms with Crippen LogP contribution in [0, 0.1) is 12.7 Å². The molecule has 0 spiro atoms. The standard InChI is InChI=1S/C14H18FN3/c1-10-3-4-11(15)9-13(10)14(16)6-5-12-7-8-17-18(12)2/h3-4,7-9,14H,5-6,16H2,1-2H3. The quantitative estimate of drug-likeness (QED) is 0.902. The highest BCUT2D eigenvalue weighted by Gasteiger charge is 2.11. The van der Waals surface area contributed by atoms with E-state index in [4.69, 9.17) is 5.73 Å². The SMILES string of the molecule is Cc1ccc(F)cc1C(N)CCc1ccnn1C. The first kappa shape index (κ1) is 12.8. The van der Waals surface area contributed by atoms with Crippen molar-refractivity contribution >= 4 is 0 Å². The molecule has 1 atom stereocenters. The first-order valence-corrected chi connectivity index (χ1v) is 6.06. The van der Waals surface area contributed by atoms with Crippen LogP contribution in [0.4, 0.5) is 4.39 Å². The van der Waals surface area contributed by atoms with E-state index in [2.05, 4.69) is 5.10 Å². The summed E-state index contributed by atoms with van der Waals surface area (Å²) in [5.41, 5.74) is 9.20. The summed E-state index contributed by atoms with van der Waals surface area (Å²) in [6, 6.07) is 6.60. The van der Waals surface area contributed by atoms with Crippen molar-refractivity contribution in [3.05, 3.63) is 53.1 Å². The molecule has 0 radical (unpaired) electrons. The van der Waals surface area contributed by atoms with Gasteiger partial charge in [0.2, 0.25) is 0 Å². The van der Waals surface area contributed by atoms with Gasteiger partial charge in [0.25, 0.3) is 0 Å². The molecule has 2 N–H and O–H groups in total. The Kier molecular flexibility index (Phi) is 3.77. The monoisotopic (exact) mass is 247 g/mol. The third-order valence-corrected chi connectivity index (χ3v) is 3.27. The highest BCUT2D eigenvalue weighted by molar-refractivity contribution is 5.29. The lowest BCUT2D eigenvalue weighted by Gasteiger charge is -2.14. The zero-order valence-electron chi connectivity index (χ0n) is 10.7. The van der Waals surface area contributed by atoms with Crippen LogP contribution in [0.3, 0.4) is 0 Å². The van der Waals surface area contributed by atoms with Crippen LogP contribution in [0.1, 0.15) is 29.3 Å². The highest BCUT2D eigenvalue weighted by atomic mass is 19.1. The third-order valence-electron chi connectivity index (χ3n) is 3.27. The third kappa shape index (κ3) is 2.76. The fourth-order valence-electron chi connectivity index (χ4n) is 2.12. The number of rotatable bonds is 4. The van der Waals surface area contributed by atoms with E-state index in [1.165, 1.54) is 12.1 Å². The number of hydrogen-bond acceptors (Lipinski definition) is 2. The van der Waals surface area contributed by atoms with Crippen molar-refractivity contribution in [3.8, 4) is 0 Å². The van der Waals surface area contributed by atoms with Gasteiger partial charge in [0, 0.05) is 25.0 Å². The van der Waals surface area contributed by atoms with Crippen molar-refractivity contribution in [2.24, 2.45) is 12.8 Å². The minimum Gasteiger partial charge on any atom is -0.324 e. The smallest absolute Gasteiger partial charge is 0.123 e. The second-order valence-corrected chi connectivity index (χ2v) is 4.59. The summed E-state index contributed by atoms with van der Waals surface area (Å²) < 4.78 is 15.1. The molecule has 96 valence electrons. The fourth-order valence-corrected chi connectivity index (χ4v) is 2.12. The molecule has 0 saturated carbocycles. The van der Waals surface area contributed by atoms with Gasteiger partial charge in [-0.25, -0.2) is 4.39 Å². The van der Waals surface area contributed by atoms with Crippen LogP contribution in [0.15, 0.2) is 30.5 Å². The van der Waals surface area contributed by atoms with Gasteiger partial charge in [-0.15, -0.1) is 0 Å². The van der Waals surface area contributed by atoms with Crippen LogP contribution in [-0.2, 0) is 13.5 Å². The van der Waals surface area contributed by atoms with Gasteiger partial charge in [0.15, 0.2) is 0 Å². The van der Waals surface area contributed by atoms with Crippen molar-refractivity contribution in [1.29, 1.82) is 0 Å².